The number of aromatic amines is 1. The Morgan fingerprint density at radius 3 is 2.82 bits per heavy atom. The highest BCUT2D eigenvalue weighted by atomic mass is 35.5. The van der Waals surface area contributed by atoms with Crippen LogP contribution in [0.25, 0.3) is 11.0 Å². The molecule has 1 heterocycles. The van der Waals surface area contributed by atoms with Crippen molar-refractivity contribution >= 4 is 22.6 Å². The molecule has 84 valence electrons. The van der Waals surface area contributed by atoms with Gasteiger partial charge in [0.15, 0.2) is 0 Å². The molecular weight excluding hydrogens is 236 g/mol. The largest absolute Gasteiger partial charge is 0.457 e. The molecule has 17 heavy (non-hydrogen) atoms. The van der Waals surface area contributed by atoms with Crippen LogP contribution in [0.2, 0.25) is 5.02 Å². The van der Waals surface area contributed by atoms with Crippen LogP contribution < -0.4 is 4.74 Å². The van der Waals surface area contributed by atoms with E-state index >= 15 is 0 Å². The van der Waals surface area contributed by atoms with E-state index in [4.69, 9.17) is 16.3 Å². The molecule has 0 aliphatic heterocycles. The van der Waals surface area contributed by atoms with Gasteiger partial charge in [0.2, 0.25) is 0 Å². The number of hydrogen-bond donors (Lipinski definition) is 1. The van der Waals surface area contributed by atoms with Crippen LogP contribution in [-0.4, -0.2) is 9.97 Å². The molecule has 3 aromatic rings. The van der Waals surface area contributed by atoms with Gasteiger partial charge in [0.1, 0.15) is 11.5 Å². The van der Waals surface area contributed by atoms with Crippen molar-refractivity contribution in [1.82, 2.24) is 9.97 Å². The summed E-state index contributed by atoms with van der Waals surface area (Å²) in [6, 6.07) is 13.0. The monoisotopic (exact) mass is 244 g/mol. The molecule has 0 spiro atoms. The first kappa shape index (κ1) is 10.2. The van der Waals surface area contributed by atoms with Gasteiger partial charge in [-0.3, -0.25) is 0 Å². The molecule has 0 bridgehead atoms. The summed E-state index contributed by atoms with van der Waals surface area (Å²) in [5.41, 5.74) is 1.87. The Bertz CT molecular complexity index is 663. The summed E-state index contributed by atoms with van der Waals surface area (Å²) in [6.07, 6.45) is 1.66. The fourth-order valence-electron chi connectivity index (χ4n) is 1.64. The van der Waals surface area contributed by atoms with Gasteiger partial charge >= 0.3 is 0 Å². The minimum absolute atomic E-state index is 0.658. The van der Waals surface area contributed by atoms with Gasteiger partial charge in [-0.15, -0.1) is 0 Å². The van der Waals surface area contributed by atoms with Crippen molar-refractivity contribution in [2.24, 2.45) is 0 Å². The zero-order valence-corrected chi connectivity index (χ0v) is 9.61. The van der Waals surface area contributed by atoms with E-state index in [-0.39, 0.29) is 0 Å². The molecule has 0 unspecified atom stereocenters. The molecular formula is C13H9ClN2O. The number of fused-ring (bicyclic) bond motifs is 1. The number of nitrogens with zero attached hydrogens (tertiary/aromatic N) is 1. The Morgan fingerprint density at radius 1 is 1.06 bits per heavy atom. The average molecular weight is 245 g/mol. The van der Waals surface area contributed by atoms with Gasteiger partial charge in [0.05, 0.1) is 17.4 Å². The molecule has 1 aromatic heterocycles. The van der Waals surface area contributed by atoms with Crippen LogP contribution in [0.15, 0.2) is 48.8 Å². The predicted octanol–water partition coefficient (Wildman–Crippen LogP) is 4.01. The van der Waals surface area contributed by atoms with Gasteiger partial charge in [-0.25, -0.2) is 4.98 Å². The Morgan fingerprint density at radius 2 is 1.94 bits per heavy atom. The van der Waals surface area contributed by atoms with Crippen molar-refractivity contribution < 1.29 is 4.74 Å². The van der Waals surface area contributed by atoms with Crippen LogP contribution in [0.1, 0.15) is 0 Å². The number of hydrogen-bond acceptors (Lipinski definition) is 2. The van der Waals surface area contributed by atoms with E-state index in [0.717, 1.165) is 22.5 Å². The number of imidazole rings is 1. The molecule has 4 heteroatoms. The average Bonchev–Trinajstić information content (AvgIpc) is 2.76. The smallest absolute Gasteiger partial charge is 0.129 e. The molecule has 0 atom stereocenters. The van der Waals surface area contributed by atoms with Crippen LogP contribution in [0.3, 0.4) is 0 Å². The van der Waals surface area contributed by atoms with E-state index in [0.29, 0.717) is 5.02 Å². The maximum atomic E-state index is 5.89. The first-order chi connectivity index (χ1) is 8.31. The first-order valence-corrected chi connectivity index (χ1v) is 5.56. The Hall–Kier alpha value is -2.00. The summed E-state index contributed by atoms with van der Waals surface area (Å²) < 4.78 is 5.70. The van der Waals surface area contributed by atoms with Gasteiger partial charge in [-0.05, 0) is 30.3 Å². The molecule has 0 fully saturated rings. The first-order valence-electron chi connectivity index (χ1n) is 5.18. The van der Waals surface area contributed by atoms with Crippen LogP contribution in [-0.2, 0) is 0 Å². The number of ether oxygens (including phenoxy) is 1. The summed E-state index contributed by atoms with van der Waals surface area (Å²) in [6.45, 7) is 0. The third-order valence-corrected chi connectivity index (χ3v) is 2.66. The maximum absolute atomic E-state index is 5.89. The van der Waals surface area contributed by atoms with Crippen molar-refractivity contribution in [2.75, 3.05) is 0 Å². The third-order valence-electron chi connectivity index (χ3n) is 2.42. The number of halogens is 1. The lowest BCUT2D eigenvalue weighted by Gasteiger charge is -2.05. The second-order valence-electron chi connectivity index (χ2n) is 3.64. The highest BCUT2D eigenvalue weighted by molar-refractivity contribution is 6.30. The van der Waals surface area contributed by atoms with E-state index in [1.807, 2.05) is 36.4 Å². The standard InChI is InChI=1S/C13H9ClN2O/c14-9-2-1-3-10(6-9)17-11-4-5-12-13(7-11)16-8-15-12/h1-8H,(H,15,16). The molecule has 0 amide bonds. The summed E-state index contributed by atoms with van der Waals surface area (Å²) in [5, 5.41) is 0.658. The SMILES string of the molecule is Clc1cccc(Oc2ccc3nc[nH]c3c2)c1. The van der Waals surface area contributed by atoms with Crippen molar-refractivity contribution in [3.8, 4) is 11.5 Å². The van der Waals surface area contributed by atoms with Crippen LogP contribution in [0, 0.1) is 0 Å². The Balaban J connectivity index is 1.94. The topological polar surface area (TPSA) is 37.9 Å². The number of benzene rings is 2. The predicted molar refractivity (Wildman–Crippen MR) is 67.6 cm³/mol. The zero-order chi connectivity index (χ0) is 11.7. The molecule has 1 N–H and O–H groups in total. The quantitative estimate of drug-likeness (QED) is 0.740. The van der Waals surface area contributed by atoms with E-state index in [9.17, 15) is 0 Å². The highest BCUT2D eigenvalue weighted by Gasteiger charge is 2.01. The maximum Gasteiger partial charge on any atom is 0.129 e. The van der Waals surface area contributed by atoms with Gasteiger partial charge in [0, 0.05) is 11.1 Å². The molecule has 0 saturated carbocycles. The van der Waals surface area contributed by atoms with Crippen LogP contribution >= 0.6 is 11.6 Å². The summed E-state index contributed by atoms with van der Waals surface area (Å²) in [5.74, 6) is 1.47. The summed E-state index contributed by atoms with van der Waals surface area (Å²) in [4.78, 5) is 7.19. The lowest BCUT2D eigenvalue weighted by Crippen LogP contribution is -1.83. The van der Waals surface area contributed by atoms with Gasteiger partial charge in [-0.2, -0.15) is 0 Å². The Kier molecular flexibility index (Phi) is 2.46. The minimum atomic E-state index is 0.658. The third kappa shape index (κ3) is 2.10. The lowest BCUT2D eigenvalue weighted by atomic mass is 10.3. The molecule has 3 rings (SSSR count). The number of H-pyrrole nitrogens is 1. The Labute approximate surface area is 103 Å². The molecule has 0 saturated heterocycles. The van der Waals surface area contributed by atoms with Crippen LogP contribution in [0.4, 0.5) is 0 Å². The van der Waals surface area contributed by atoms with E-state index in [1.54, 1.807) is 12.4 Å². The van der Waals surface area contributed by atoms with Crippen molar-refractivity contribution in [2.45, 2.75) is 0 Å². The molecule has 0 aliphatic carbocycles. The second-order valence-corrected chi connectivity index (χ2v) is 4.08. The van der Waals surface area contributed by atoms with Crippen molar-refractivity contribution in [3.05, 3.63) is 53.8 Å². The van der Waals surface area contributed by atoms with E-state index in [1.165, 1.54) is 0 Å². The fourth-order valence-corrected chi connectivity index (χ4v) is 1.83. The normalized spacial score (nSPS) is 10.6. The molecule has 3 nitrogen and oxygen atoms in total. The van der Waals surface area contributed by atoms with E-state index < -0.39 is 0 Å². The zero-order valence-electron chi connectivity index (χ0n) is 8.85. The molecule has 2 aromatic carbocycles. The van der Waals surface area contributed by atoms with Crippen molar-refractivity contribution in [1.29, 1.82) is 0 Å². The van der Waals surface area contributed by atoms with Gasteiger partial charge < -0.3 is 9.72 Å². The van der Waals surface area contributed by atoms with Crippen LogP contribution in [0.5, 0.6) is 11.5 Å². The van der Waals surface area contributed by atoms with Gasteiger partial charge in [0.25, 0.3) is 0 Å². The number of aromatic nitrogens is 2. The summed E-state index contributed by atoms with van der Waals surface area (Å²) >= 11 is 5.89. The lowest BCUT2D eigenvalue weighted by molar-refractivity contribution is 0.483. The molecule has 0 aliphatic rings. The second kappa shape index (κ2) is 4.11. The van der Waals surface area contributed by atoms with Gasteiger partial charge in [-0.1, -0.05) is 17.7 Å². The van der Waals surface area contributed by atoms with Crippen molar-refractivity contribution in [3.63, 3.8) is 0 Å². The highest BCUT2D eigenvalue weighted by Crippen LogP contribution is 2.25. The fraction of sp³-hybridized carbons (Fsp3) is 0. The number of rotatable bonds is 2. The summed E-state index contributed by atoms with van der Waals surface area (Å²) in [7, 11) is 0. The van der Waals surface area contributed by atoms with E-state index in [2.05, 4.69) is 9.97 Å². The molecule has 0 radical (unpaired) electrons. The number of nitrogens with one attached hydrogen (secondary N) is 1. The minimum Gasteiger partial charge on any atom is -0.457 e.